The Bertz CT molecular complexity index is 745. The number of hydrogen-bond donors (Lipinski definition) is 0. The van der Waals surface area contributed by atoms with Gasteiger partial charge in [-0.25, -0.2) is 4.99 Å². The maximum absolute atomic E-state index is 12.6. The molecule has 0 fully saturated rings. The van der Waals surface area contributed by atoms with Crippen molar-refractivity contribution < 1.29 is 19.1 Å². The number of carbonyl (C=O) groups is 2. The molecule has 8 heteroatoms. The monoisotopic (exact) mass is 363 g/mol. The zero-order chi connectivity index (χ0) is 18.0. The molecule has 1 aromatic rings. The molecule has 0 N–H and O–H groups in total. The Morgan fingerprint density at radius 3 is 2.80 bits per heavy atom. The lowest BCUT2D eigenvalue weighted by atomic mass is 10.0. The maximum atomic E-state index is 12.6. The van der Waals surface area contributed by atoms with Gasteiger partial charge in [-0.3, -0.25) is 14.6 Å². The third-order valence-electron chi connectivity index (χ3n) is 3.92. The molecule has 3 rings (SSSR count). The molecule has 1 amide bonds. The fraction of sp³-hybridized carbons (Fsp3) is 0.412. The van der Waals surface area contributed by atoms with Crippen molar-refractivity contribution in [3.05, 3.63) is 34.9 Å². The normalized spacial score (nSPS) is 22.5. The molecule has 0 aliphatic carbocycles. The molecule has 1 aromatic carbocycles. The Kier molecular flexibility index (Phi) is 5.03. The predicted octanol–water partition coefficient (Wildman–Crippen LogP) is 2.00. The average Bonchev–Trinajstić information content (AvgIpc) is 2.58. The summed E-state index contributed by atoms with van der Waals surface area (Å²) in [6.07, 6.45) is -0.270. The predicted molar refractivity (Wildman–Crippen MR) is 92.8 cm³/mol. The summed E-state index contributed by atoms with van der Waals surface area (Å²) in [6, 6.07) is 6.88. The summed E-state index contributed by atoms with van der Waals surface area (Å²) < 4.78 is 10.7. The SMILES string of the molecule is CCOC(=O)CN1CN=C2O[C@@H](C)[C@@H](c3ccc(Cl)cc3)N=C2C1=O. The summed E-state index contributed by atoms with van der Waals surface area (Å²) in [4.78, 5) is 34.3. The number of carbonyl (C=O) groups excluding carboxylic acids is 2. The second kappa shape index (κ2) is 7.23. The summed E-state index contributed by atoms with van der Waals surface area (Å²) in [7, 11) is 0. The maximum Gasteiger partial charge on any atom is 0.325 e. The molecule has 2 aliphatic rings. The van der Waals surface area contributed by atoms with Gasteiger partial charge in [-0.2, -0.15) is 0 Å². The van der Waals surface area contributed by atoms with Crippen LogP contribution in [-0.4, -0.2) is 54.3 Å². The molecular weight excluding hydrogens is 346 g/mol. The van der Waals surface area contributed by atoms with Crippen molar-refractivity contribution in [2.75, 3.05) is 19.8 Å². The first-order chi connectivity index (χ1) is 12.0. The zero-order valence-electron chi connectivity index (χ0n) is 13.9. The first kappa shape index (κ1) is 17.4. The fourth-order valence-electron chi connectivity index (χ4n) is 2.71. The van der Waals surface area contributed by atoms with Crippen molar-refractivity contribution in [1.82, 2.24) is 4.90 Å². The number of amides is 1. The third-order valence-corrected chi connectivity index (χ3v) is 4.18. The van der Waals surface area contributed by atoms with Crippen LogP contribution in [0.5, 0.6) is 0 Å². The van der Waals surface area contributed by atoms with Gasteiger partial charge in [0.15, 0.2) is 5.71 Å². The summed E-state index contributed by atoms with van der Waals surface area (Å²) in [5, 5.41) is 0.623. The highest BCUT2D eigenvalue weighted by atomic mass is 35.5. The van der Waals surface area contributed by atoms with E-state index in [1.165, 1.54) is 4.90 Å². The summed E-state index contributed by atoms with van der Waals surface area (Å²) >= 11 is 5.92. The summed E-state index contributed by atoms with van der Waals surface area (Å²) in [6.45, 7) is 3.73. The van der Waals surface area contributed by atoms with E-state index in [4.69, 9.17) is 21.1 Å². The summed E-state index contributed by atoms with van der Waals surface area (Å²) in [5.74, 6) is -0.638. The standard InChI is InChI=1S/C17H18ClN3O4/c1-3-24-13(22)8-21-9-19-16-15(17(21)23)20-14(10(2)25-16)11-4-6-12(18)7-5-11/h4-7,10,14H,3,8-9H2,1-2H3/t10-,14-/m0/s1. The molecule has 0 unspecified atom stereocenters. The molecule has 25 heavy (non-hydrogen) atoms. The van der Waals surface area contributed by atoms with Crippen LogP contribution in [0.2, 0.25) is 5.02 Å². The lowest BCUT2D eigenvalue weighted by Crippen LogP contribution is -2.50. The van der Waals surface area contributed by atoms with Crippen molar-refractivity contribution in [2.24, 2.45) is 9.98 Å². The first-order valence-electron chi connectivity index (χ1n) is 7.99. The fourth-order valence-corrected chi connectivity index (χ4v) is 2.83. The largest absolute Gasteiger partial charge is 0.471 e. The Labute approximate surface area is 150 Å². The topological polar surface area (TPSA) is 80.6 Å². The van der Waals surface area contributed by atoms with Crippen molar-refractivity contribution in [3.8, 4) is 0 Å². The highest BCUT2D eigenvalue weighted by molar-refractivity contribution is 6.66. The molecule has 0 spiro atoms. The quantitative estimate of drug-likeness (QED) is 0.766. The van der Waals surface area contributed by atoms with Crippen molar-refractivity contribution in [1.29, 1.82) is 0 Å². The summed E-state index contributed by atoms with van der Waals surface area (Å²) in [5.41, 5.74) is 1.02. The number of esters is 1. The molecule has 2 atom stereocenters. The highest BCUT2D eigenvalue weighted by Crippen LogP contribution is 2.29. The third kappa shape index (κ3) is 3.66. The van der Waals surface area contributed by atoms with Crippen molar-refractivity contribution in [3.63, 3.8) is 0 Å². The van der Waals surface area contributed by atoms with Gasteiger partial charge in [0.2, 0.25) is 5.90 Å². The second-order valence-corrected chi connectivity index (χ2v) is 6.15. The van der Waals surface area contributed by atoms with Crippen molar-refractivity contribution >= 4 is 35.1 Å². The number of benzene rings is 1. The molecular formula is C17H18ClN3O4. The van der Waals surface area contributed by atoms with Gasteiger partial charge in [0, 0.05) is 5.02 Å². The van der Waals surface area contributed by atoms with Gasteiger partial charge >= 0.3 is 5.97 Å². The van der Waals surface area contributed by atoms with E-state index < -0.39 is 5.97 Å². The number of nitrogens with zero attached hydrogens (tertiary/aromatic N) is 3. The highest BCUT2D eigenvalue weighted by Gasteiger charge is 2.38. The smallest absolute Gasteiger partial charge is 0.325 e. The average molecular weight is 364 g/mol. The van der Waals surface area contributed by atoms with Gasteiger partial charge in [-0.1, -0.05) is 23.7 Å². The molecule has 0 aromatic heterocycles. The van der Waals surface area contributed by atoms with E-state index in [9.17, 15) is 9.59 Å². The van der Waals surface area contributed by atoms with Crippen LogP contribution in [0.1, 0.15) is 25.5 Å². The Hall–Kier alpha value is -2.41. The van der Waals surface area contributed by atoms with E-state index >= 15 is 0 Å². The number of rotatable bonds is 4. The Balaban J connectivity index is 1.85. The van der Waals surface area contributed by atoms with Crippen LogP contribution in [0.3, 0.4) is 0 Å². The van der Waals surface area contributed by atoms with Crippen LogP contribution >= 0.6 is 11.6 Å². The molecule has 2 aliphatic heterocycles. The van der Waals surface area contributed by atoms with Gasteiger partial charge in [-0.05, 0) is 31.5 Å². The van der Waals surface area contributed by atoms with Gasteiger partial charge in [0.1, 0.15) is 25.4 Å². The molecule has 132 valence electrons. The number of aliphatic imine (C=N–C) groups is 2. The van der Waals surface area contributed by atoms with E-state index in [0.717, 1.165) is 5.56 Å². The zero-order valence-corrected chi connectivity index (χ0v) is 14.7. The minimum atomic E-state index is -0.477. The van der Waals surface area contributed by atoms with Gasteiger partial charge in [-0.15, -0.1) is 0 Å². The second-order valence-electron chi connectivity index (χ2n) is 5.71. The van der Waals surface area contributed by atoms with Crippen LogP contribution in [0.4, 0.5) is 0 Å². The molecule has 0 saturated heterocycles. The van der Waals surface area contributed by atoms with Gasteiger partial charge in [0.05, 0.1) is 6.61 Å². The first-order valence-corrected chi connectivity index (χ1v) is 8.37. The minimum absolute atomic E-state index is 0.0460. The Morgan fingerprint density at radius 2 is 2.12 bits per heavy atom. The van der Waals surface area contributed by atoms with E-state index in [1.807, 2.05) is 19.1 Å². The number of ether oxygens (including phenoxy) is 2. The lowest BCUT2D eigenvalue weighted by Gasteiger charge is -2.33. The number of hydrogen-bond acceptors (Lipinski definition) is 6. The minimum Gasteiger partial charge on any atom is -0.471 e. The van der Waals surface area contributed by atoms with Crippen LogP contribution in [0.25, 0.3) is 0 Å². The van der Waals surface area contributed by atoms with Crippen LogP contribution in [0.15, 0.2) is 34.3 Å². The molecule has 0 bridgehead atoms. The Morgan fingerprint density at radius 1 is 1.40 bits per heavy atom. The van der Waals surface area contributed by atoms with Crippen LogP contribution in [0, 0.1) is 0 Å². The van der Waals surface area contributed by atoms with Crippen LogP contribution in [-0.2, 0) is 19.1 Å². The van der Waals surface area contributed by atoms with E-state index in [2.05, 4.69) is 9.98 Å². The van der Waals surface area contributed by atoms with E-state index in [1.54, 1.807) is 19.1 Å². The van der Waals surface area contributed by atoms with E-state index in [0.29, 0.717) is 5.02 Å². The van der Waals surface area contributed by atoms with Gasteiger partial charge < -0.3 is 14.4 Å². The molecule has 7 nitrogen and oxygen atoms in total. The number of fused-ring (bicyclic) bond motifs is 1. The van der Waals surface area contributed by atoms with Gasteiger partial charge in [0.25, 0.3) is 5.91 Å². The van der Waals surface area contributed by atoms with Crippen LogP contribution < -0.4 is 0 Å². The van der Waals surface area contributed by atoms with Crippen molar-refractivity contribution in [2.45, 2.75) is 26.0 Å². The molecule has 0 radical (unpaired) electrons. The molecule has 2 heterocycles. The van der Waals surface area contributed by atoms with E-state index in [-0.39, 0.29) is 49.5 Å². The lowest BCUT2D eigenvalue weighted by molar-refractivity contribution is -0.147. The number of halogens is 1. The molecule has 0 saturated carbocycles.